The zero-order chi connectivity index (χ0) is 20.9. The molecule has 150 valence electrons. The summed E-state index contributed by atoms with van der Waals surface area (Å²) in [6.07, 6.45) is -3.27. The molecule has 1 heterocycles. The van der Waals surface area contributed by atoms with Crippen molar-refractivity contribution in [1.29, 1.82) is 0 Å². The molecule has 2 N–H and O–H groups in total. The lowest BCUT2D eigenvalue weighted by atomic mass is 10.1. The predicted octanol–water partition coefficient (Wildman–Crippen LogP) is 5.47. The summed E-state index contributed by atoms with van der Waals surface area (Å²) in [4.78, 5) is 16.3. The number of amides is 1. The quantitative estimate of drug-likeness (QED) is 0.557. The second kappa shape index (κ2) is 8.96. The molecule has 0 saturated heterocycles. The van der Waals surface area contributed by atoms with E-state index in [0.717, 1.165) is 17.8 Å². The molecule has 4 nitrogen and oxygen atoms in total. The average molecular weight is 420 g/mol. The van der Waals surface area contributed by atoms with Gasteiger partial charge in [-0.25, -0.2) is 4.98 Å². The highest BCUT2D eigenvalue weighted by Gasteiger charge is 2.36. The van der Waals surface area contributed by atoms with Crippen LogP contribution in [0.5, 0.6) is 0 Å². The van der Waals surface area contributed by atoms with Crippen molar-refractivity contribution in [2.75, 3.05) is 11.9 Å². The first-order valence-corrected chi connectivity index (χ1v) is 9.13. The van der Waals surface area contributed by atoms with Crippen LogP contribution in [0.3, 0.4) is 0 Å². The minimum absolute atomic E-state index is 0.0413. The van der Waals surface area contributed by atoms with Gasteiger partial charge >= 0.3 is 6.18 Å². The van der Waals surface area contributed by atoms with E-state index in [2.05, 4.69) is 15.6 Å². The van der Waals surface area contributed by atoms with Crippen molar-refractivity contribution < 1.29 is 18.0 Å². The molecule has 0 fully saturated rings. The predicted molar refractivity (Wildman–Crippen MR) is 106 cm³/mol. The first-order chi connectivity index (χ1) is 13.8. The molecule has 0 atom stereocenters. The maximum Gasteiger partial charge on any atom is 0.417 e. The van der Waals surface area contributed by atoms with Gasteiger partial charge in [0.15, 0.2) is 0 Å². The molecule has 2 aromatic carbocycles. The summed E-state index contributed by atoms with van der Waals surface area (Å²) >= 11 is 5.88. The van der Waals surface area contributed by atoms with E-state index in [4.69, 9.17) is 11.6 Å². The van der Waals surface area contributed by atoms with Gasteiger partial charge in [0.2, 0.25) is 0 Å². The van der Waals surface area contributed by atoms with Gasteiger partial charge in [0.1, 0.15) is 5.82 Å². The highest BCUT2D eigenvalue weighted by molar-refractivity contribution is 6.30. The molecule has 0 saturated carbocycles. The van der Waals surface area contributed by atoms with Crippen LogP contribution in [0.15, 0.2) is 66.9 Å². The van der Waals surface area contributed by atoms with Crippen molar-refractivity contribution in [3.8, 4) is 0 Å². The van der Waals surface area contributed by atoms with Crippen molar-refractivity contribution in [2.45, 2.75) is 12.6 Å². The van der Waals surface area contributed by atoms with Crippen LogP contribution in [0.1, 0.15) is 21.5 Å². The van der Waals surface area contributed by atoms with E-state index in [9.17, 15) is 18.0 Å². The number of anilines is 2. The van der Waals surface area contributed by atoms with Crippen molar-refractivity contribution >= 4 is 29.0 Å². The summed E-state index contributed by atoms with van der Waals surface area (Å²) in [5.41, 5.74) is -0.127. The van der Waals surface area contributed by atoms with E-state index in [1.54, 1.807) is 24.3 Å². The standard InChI is InChI=1S/C21H17ClF3N3O/c22-15-7-4-8-16(11-15)28-19-12-18(21(23,24)25)17(13-27-19)20(29)26-10-9-14-5-2-1-3-6-14/h1-8,11-13H,9-10H2,(H,26,29)(H,27,28). The summed E-state index contributed by atoms with van der Waals surface area (Å²) < 4.78 is 40.6. The number of carbonyl (C=O) groups excluding carboxylic acids is 1. The largest absolute Gasteiger partial charge is 0.417 e. The topological polar surface area (TPSA) is 54.0 Å². The molecule has 8 heteroatoms. The number of hydrogen-bond acceptors (Lipinski definition) is 3. The van der Waals surface area contributed by atoms with E-state index in [1.165, 1.54) is 0 Å². The minimum Gasteiger partial charge on any atom is -0.352 e. The first-order valence-electron chi connectivity index (χ1n) is 8.75. The van der Waals surface area contributed by atoms with Gasteiger partial charge in [-0.15, -0.1) is 0 Å². The minimum atomic E-state index is -4.71. The Morgan fingerprint density at radius 3 is 2.48 bits per heavy atom. The number of pyridine rings is 1. The van der Waals surface area contributed by atoms with Crippen LogP contribution in [0.4, 0.5) is 24.7 Å². The Bertz CT molecular complexity index is 994. The van der Waals surface area contributed by atoms with Crippen LogP contribution in [-0.2, 0) is 12.6 Å². The lowest BCUT2D eigenvalue weighted by Gasteiger charge is -2.15. The molecule has 0 aliphatic rings. The second-order valence-electron chi connectivity index (χ2n) is 6.24. The van der Waals surface area contributed by atoms with Crippen molar-refractivity contribution in [1.82, 2.24) is 10.3 Å². The molecule has 0 aliphatic heterocycles. The van der Waals surface area contributed by atoms with Gasteiger partial charge in [0, 0.05) is 23.5 Å². The molecule has 3 aromatic rings. The highest BCUT2D eigenvalue weighted by atomic mass is 35.5. The summed E-state index contributed by atoms with van der Waals surface area (Å²) in [7, 11) is 0. The van der Waals surface area contributed by atoms with Gasteiger partial charge in [-0.3, -0.25) is 4.79 Å². The van der Waals surface area contributed by atoms with Crippen LogP contribution >= 0.6 is 11.6 Å². The van der Waals surface area contributed by atoms with Crippen LogP contribution < -0.4 is 10.6 Å². The summed E-state index contributed by atoms with van der Waals surface area (Å²) in [6, 6.07) is 16.6. The number of aromatic nitrogens is 1. The third-order valence-electron chi connectivity index (χ3n) is 4.09. The molecule has 29 heavy (non-hydrogen) atoms. The fourth-order valence-electron chi connectivity index (χ4n) is 2.71. The lowest BCUT2D eigenvalue weighted by Crippen LogP contribution is -2.28. The number of rotatable bonds is 6. The summed E-state index contributed by atoms with van der Waals surface area (Å²) in [5.74, 6) is -0.865. The van der Waals surface area contributed by atoms with Gasteiger partial charge in [0.05, 0.1) is 11.1 Å². The van der Waals surface area contributed by atoms with Gasteiger partial charge < -0.3 is 10.6 Å². The number of carbonyl (C=O) groups is 1. The molecule has 0 bridgehead atoms. The van der Waals surface area contributed by atoms with E-state index < -0.39 is 23.2 Å². The zero-order valence-electron chi connectivity index (χ0n) is 15.1. The molecule has 0 spiro atoms. The van der Waals surface area contributed by atoms with E-state index in [-0.39, 0.29) is 12.4 Å². The zero-order valence-corrected chi connectivity index (χ0v) is 15.9. The monoisotopic (exact) mass is 419 g/mol. The average Bonchev–Trinajstić information content (AvgIpc) is 2.68. The molecule has 1 aromatic heterocycles. The Morgan fingerprint density at radius 2 is 1.79 bits per heavy atom. The van der Waals surface area contributed by atoms with Crippen LogP contribution in [0.2, 0.25) is 5.02 Å². The Morgan fingerprint density at radius 1 is 1.03 bits per heavy atom. The number of nitrogens with one attached hydrogen (secondary N) is 2. The van der Waals surface area contributed by atoms with E-state index in [1.807, 2.05) is 30.3 Å². The Labute approximate surface area is 170 Å². The Hall–Kier alpha value is -3.06. The summed E-state index contributed by atoms with van der Waals surface area (Å²) in [6.45, 7) is 0.211. The molecular weight excluding hydrogens is 403 g/mol. The van der Waals surface area contributed by atoms with Gasteiger partial charge in [-0.05, 0) is 36.2 Å². The number of hydrogen-bond donors (Lipinski definition) is 2. The number of benzene rings is 2. The van der Waals surface area contributed by atoms with Crippen LogP contribution in [0.25, 0.3) is 0 Å². The summed E-state index contributed by atoms with van der Waals surface area (Å²) in [5, 5.41) is 5.71. The van der Waals surface area contributed by atoms with Crippen molar-refractivity contribution in [3.63, 3.8) is 0 Å². The molecule has 3 rings (SSSR count). The number of nitrogens with zero attached hydrogens (tertiary/aromatic N) is 1. The molecule has 0 radical (unpaired) electrons. The Balaban J connectivity index is 1.76. The van der Waals surface area contributed by atoms with Crippen LogP contribution in [0, 0.1) is 0 Å². The second-order valence-corrected chi connectivity index (χ2v) is 6.68. The van der Waals surface area contributed by atoms with Crippen molar-refractivity contribution in [2.24, 2.45) is 0 Å². The lowest BCUT2D eigenvalue weighted by molar-refractivity contribution is -0.137. The highest BCUT2D eigenvalue weighted by Crippen LogP contribution is 2.33. The SMILES string of the molecule is O=C(NCCc1ccccc1)c1cnc(Nc2cccc(Cl)c2)cc1C(F)(F)F. The third-order valence-corrected chi connectivity index (χ3v) is 4.33. The molecule has 0 unspecified atom stereocenters. The van der Waals surface area contributed by atoms with Gasteiger partial charge in [-0.2, -0.15) is 13.2 Å². The van der Waals surface area contributed by atoms with E-state index in [0.29, 0.717) is 17.1 Å². The van der Waals surface area contributed by atoms with Crippen LogP contribution in [-0.4, -0.2) is 17.4 Å². The number of alkyl halides is 3. The maximum absolute atomic E-state index is 13.5. The third kappa shape index (κ3) is 5.71. The number of halogens is 4. The normalized spacial score (nSPS) is 11.2. The molecule has 1 amide bonds. The fourth-order valence-corrected chi connectivity index (χ4v) is 2.90. The van der Waals surface area contributed by atoms with Gasteiger partial charge in [0.25, 0.3) is 5.91 Å². The first kappa shape index (κ1) is 20.7. The molecule has 0 aliphatic carbocycles. The smallest absolute Gasteiger partial charge is 0.352 e. The van der Waals surface area contributed by atoms with Crippen molar-refractivity contribution in [3.05, 3.63) is 88.6 Å². The maximum atomic E-state index is 13.5. The van der Waals surface area contributed by atoms with Gasteiger partial charge in [-0.1, -0.05) is 48.0 Å². The fraction of sp³-hybridized carbons (Fsp3) is 0.143. The Kier molecular flexibility index (Phi) is 6.39. The van der Waals surface area contributed by atoms with E-state index >= 15 is 0 Å². The molecular formula is C21H17ClF3N3O.